The van der Waals surface area contributed by atoms with E-state index in [-0.39, 0.29) is 19.1 Å². The fourth-order valence-electron chi connectivity index (χ4n) is 4.44. The van der Waals surface area contributed by atoms with Crippen molar-refractivity contribution < 1.29 is 23.9 Å². The molecule has 1 aromatic carbocycles. The quantitative estimate of drug-likeness (QED) is 0.757. The highest BCUT2D eigenvalue weighted by atomic mass is 16.6. The largest absolute Gasteiger partial charge is 0.462 e. The van der Waals surface area contributed by atoms with Crippen LogP contribution >= 0.6 is 0 Å². The van der Waals surface area contributed by atoms with Crippen LogP contribution < -0.4 is 5.73 Å². The van der Waals surface area contributed by atoms with E-state index in [1.54, 1.807) is 4.90 Å². The lowest BCUT2D eigenvalue weighted by atomic mass is 9.74. The average Bonchev–Trinajstić information content (AvgIpc) is 3.07. The van der Waals surface area contributed by atoms with Crippen molar-refractivity contribution >= 4 is 34.4 Å². The molecular weight excluding hydrogens is 374 g/mol. The van der Waals surface area contributed by atoms with E-state index in [0.29, 0.717) is 17.9 Å². The lowest BCUT2D eigenvalue weighted by Gasteiger charge is -2.44. The lowest BCUT2D eigenvalue weighted by Crippen LogP contribution is -2.59. The number of rotatable bonds is 2. The highest BCUT2D eigenvalue weighted by molar-refractivity contribution is 5.97. The number of nitrogens with two attached hydrogens (primary N) is 1. The number of cyclic esters (lactones) is 1. The number of hydrogen-bond donors (Lipinski definition) is 1. The van der Waals surface area contributed by atoms with Crippen LogP contribution in [0.25, 0.3) is 16.6 Å². The summed E-state index contributed by atoms with van der Waals surface area (Å²) < 4.78 is 10.6. The Morgan fingerprint density at radius 2 is 2.17 bits per heavy atom. The normalized spacial score (nSPS) is 27.7. The van der Waals surface area contributed by atoms with Crippen LogP contribution in [0.2, 0.25) is 0 Å². The Morgan fingerprint density at radius 3 is 2.97 bits per heavy atom. The van der Waals surface area contributed by atoms with Crippen molar-refractivity contribution in [1.82, 2.24) is 9.88 Å². The highest BCUT2D eigenvalue weighted by Gasteiger charge is 2.58. The van der Waals surface area contributed by atoms with Gasteiger partial charge in [-0.15, -0.1) is 0 Å². The van der Waals surface area contributed by atoms with E-state index in [0.717, 1.165) is 16.5 Å². The van der Waals surface area contributed by atoms with Gasteiger partial charge in [-0.25, -0.2) is 9.78 Å². The fraction of sp³-hybridized carbons (Fsp3) is 0.333. The van der Waals surface area contributed by atoms with Gasteiger partial charge in [-0.1, -0.05) is 18.2 Å². The second-order valence-corrected chi connectivity index (χ2v) is 7.68. The van der Waals surface area contributed by atoms with Crippen molar-refractivity contribution in [1.29, 1.82) is 0 Å². The molecule has 8 heteroatoms. The predicted molar refractivity (Wildman–Crippen MR) is 102 cm³/mol. The summed E-state index contributed by atoms with van der Waals surface area (Å²) in [7, 11) is 0. The summed E-state index contributed by atoms with van der Waals surface area (Å²) in [5, 5.41) is 0.997. The first-order valence-electron chi connectivity index (χ1n) is 9.44. The number of ether oxygens (including phenoxy) is 2. The van der Waals surface area contributed by atoms with Crippen LogP contribution in [0.5, 0.6) is 0 Å². The van der Waals surface area contributed by atoms with Gasteiger partial charge >= 0.3 is 11.9 Å². The van der Waals surface area contributed by atoms with Gasteiger partial charge in [0.05, 0.1) is 35.9 Å². The van der Waals surface area contributed by atoms with Gasteiger partial charge in [0, 0.05) is 16.9 Å². The maximum Gasteiger partial charge on any atom is 0.350 e. The third-order valence-electron chi connectivity index (χ3n) is 5.95. The molecule has 0 bridgehead atoms. The Bertz CT molecular complexity index is 1110. The first kappa shape index (κ1) is 17.8. The van der Waals surface area contributed by atoms with Gasteiger partial charge in [0.1, 0.15) is 6.61 Å². The van der Waals surface area contributed by atoms with E-state index in [2.05, 4.69) is 0 Å². The van der Waals surface area contributed by atoms with Gasteiger partial charge < -0.3 is 20.1 Å². The maximum absolute atomic E-state index is 13.3. The Kier molecular flexibility index (Phi) is 3.76. The summed E-state index contributed by atoms with van der Waals surface area (Å²) in [4.78, 5) is 44.1. The number of carbonyl (C=O) groups excluding carboxylic acids is 3. The number of hydrogen-bond acceptors (Lipinski definition) is 7. The van der Waals surface area contributed by atoms with E-state index < -0.39 is 29.4 Å². The molecule has 1 saturated heterocycles. The highest BCUT2D eigenvalue weighted by Crippen LogP contribution is 2.46. The number of benzene rings is 1. The number of carbonyl (C=O) groups is 3. The zero-order valence-corrected chi connectivity index (χ0v) is 15.8. The van der Waals surface area contributed by atoms with Crippen molar-refractivity contribution in [2.45, 2.75) is 19.1 Å². The lowest BCUT2D eigenvalue weighted by molar-refractivity contribution is -0.200. The zero-order valence-electron chi connectivity index (χ0n) is 15.8. The molecule has 1 amide bonds. The van der Waals surface area contributed by atoms with Crippen molar-refractivity contribution in [3.63, 3.8) is 0 Å². The monoisotopic (exact) mass is 393 g/mol. The van der Waals surface area contributed by atoms with Crippen LogP contribution in [0.3, 0.4) is 0 Å². The maximum atomic E-state index is 13.3. The van der Waals surface area contributed by atoms with E-state index >= 15 is 0 Å². The minimum atomic E-state index is -1.62. The first-order chi connectivity index (χ1) is 13.9. The molecule has 29 heavy (non-hydrogen) atoms. The van der Waals surface area contributed by atoms with Crippen LogP contribution in [0.4, 0.5) is 0 Å². The van der Waals surface area contributed by atoms with E-state index in [9.17, 15) is 14.4 Å². The van der Waals surface area contributed by atoms with Gasteiger partial charge in [-0.05, 0) is 25.1 Å². The Labute approximate surface area is 166 Å². The number of esters is 2. The smallest absolute Gasteiger partial charge is 0.350 e. The van der Waals surface area contributed by atoms with Gasteiger partial charge in [-0.2, -0.15) is 0 Å². The summed E-state index contributed by atoms with van der Waals surface area (Å²) in [6.07, 6.45) is 1.82. The van der Waals surface area contributed by atoms with Crippen molar-refractivity contribution in [2.75, 3.05) is 13.2 Å². The van der Waals surface area contributed by atoms with Crippen molar-refractivity contribution in [3.05, 3.63) is 47.7 Å². The van der Waals surface area contributed by atoms with Crippen molar-refractivity contribution in [2.24, 2.45) is 17.6 Å². The molecule has 3 atom stereocenters. The molecule has 0 spiro atoms. The number of para-hydroxylation sites is 1. The topological polar surface area (TPSA) is 112 Å². The molecule has 0 radical (unpaired) electrons. The number of fused-ring (bicyclic) bond motifs is 5. The molecule has 2 aromatic rings. The number of amides is 1. The minimum Gasteiger partial charge on any atom is -0.462 e. The summed E-state index contributed by atoms with van der Waals surface area (Å²) in [6.45, 7) is 1.47. The van der Waals surface area contributed by atoms with Crippen LogP contribution in [-0.4, -0.2) is 46.5 Å². The van der Waals surface area contributed by atoms with E-state index in [1.807, 2.05) is 36.4 Å². The summed E-state index contributed by atoms with van der Waals surface area (Å²) in [5.41, 5.74) is 6.86. The Hall–Kier alpha value is -3.26. The fourth-order valence-corrected chi connectivity index (χ4v) is 4.44. The zero-order chi connectivity index (χ0) is 20.3. The second-order valence-electron chi connectivity index (χ2n) is 7.68. The van der Waals surface area contributed by atoms with Gasteiger partial charge in [0.2, 0.25) is 11.5 Å². The van der Waals surface area contributed by atoms with Gasteiger partial charge in [0.25, 0.3) is 0 Å². The molecular formula is C21H19N3O5. The molecule has 2 unspecified atom stereocenters. The Balaban J connectivity index is 1.64. The average molecular weight is 393 g/mol. The predicted octanol–water partition coefficient (Wildman–Crippen LogP) is 0.981. The molecule has 5 rings (SSSR count). The molecule has 3 aliphatic heterocycles. The third kappa shape index (κ3) is 2.49. The molecule has 0 saturated carbocycles. The SMILES string of the molecule is C[C@@]1(OC(=O)CN)C(=O)OCC2C(=O)N3Cc4cc5ccccc5nc4C3=CC21. The number of aromatic nitrogens is 1. The molecule has 0 aliphatic carbocycles. The molecule has 1 aromatic heterocycles. The van der Waals surface area contributed by atoms with Crippen LogP contribution in [-0.2, 0) is 30.4 Å². The summed E-state index contributed by atoms with van der Waals surface area (Å²) >= 11 is 0. The van der Waals surface area contributed by atoms with E-state index in [4.69, 9.17) is 20.2 Å². The van der Waals surface area contributed by atoms with E-state index in [1.165, 1.54) is 6.92 Å². The number of pyridine rings is 1. The van der Waals surface area contributed by atoms with Crippen LogP contribution in [0, 0.1) is 11.8 Å². The van der Waals surface area contributed by atoms with Crippen molar-refractivity contribution in [3.8, 4) is 0 Å². The molecule has 8 nitrogen and oxygen atoms in total. The summed E-state index contributed by atoms with van der Waals surface area (Å²) in [6, 6.07) is 9.77. The first-order valence-corrected chi connectivity index (χ1v) is 9.44. The Morgan fingerprint density at radius 1 is 1.38 bits per heavy atom. The van der Waals surface area contributed by atoms with Crippen LogP contribution in [0.1, 0.15) is 18.2 Å². The van der Waals surface area contributed by atoms with Crippen LogP contribution in [0.15, 0.2) is 36.4 Å². The van der Waals surface area contributed by atoms with Gasteiger partial charge in [0.15, 0.2) is 0 Å². The molecule has 1 fully saturated rings. The molecule has 4 heterocycles. The second kappa shape index (κ2) is 6.12. The molecule has 2 N–H and O–H groups in total. The molecule has 3 aliphatic rings. The standard InChI is InChI=1S/C21H19N3O5/c1-21(29-17(25)8-22)14-7-16-18-12(6-11-4-2-3-5-15(11)23-18)9-24(16)19(26)13(14)10-28-20(21)27/h2-7,13-14H,8-10,22H2,1H3/t13?,14?,21-/m0/s1. The summed E-state index contributed by atoms with van der Waals surface area (Å²) in [5.74, 6) is -2.86. The number of nitrogens with zero attached hydrogens (tertiary/aromatic N) is 2. The molecule has 148 valence electrons. The van der Waals surface area contributed by atoms with Gasteiger partial charge in [-0.3, -0.25) is 9.59 Å². The third-order valence-corrected chi connectivity index (χ3v) is 5.95. The minimum absolute atomic E-state index is 0.0515.